The van der Waals surface area contributed by atoms with E-state index in [9.17, 15) is 4.39 Å². The summed E-state index contributed by atoms with van der Waals surface area (Å²) in [5.74, 6) is 0.107. The van der Waals surface area contributed by atoms with Crippen molar-refractivity contribution in [2.45, 2.75) is 12.6 Å². The zero-order valence-electron chi connectivity index (χ0n) is 11.2. The third kappa shape index (κ3) is 2.34. The number of halogens is 1. The van der Waals surface area contributed by atoms with Gasteiger partial charge < -0.3 is 14.8 Å². The Bertz CT molecular complexity index is 601. The number of rotatable bonds is 4. The quantitative estimate of drug-likeness (QED) is 0.928. The number of nitrogens with one attached hydrogen (secondary N) is 1. The first-order valence-electron chi connectivity index (χ1n) is 6.59. The fraction of sp³-hybridized carbons (Fsp3) is 0.250. The van der Waals surface area contributed by atoms with Crippen molar-refractivity contribution in [3.63, 3.8) is 0 Å². The van der Waals surface area contributed by atoms with Crippen LogP contribution in [0.15, 0.2) is 42.5 Å². The molecule has 20 heavy (non-hydrogen) atoms. The van der Waals surface area contributed by atoms with Crippen molar-refractivity contribution in [1.82, 2.24) is 5.32 Å². The predicted octanol–water partition coefficient (Wildman–Crippen LogP) is 3.06. The van der Waals surface area contributed by atoms with E-state index in [1.165, 1.54) is 0 Å². The maximum atomic E-state index is 14.3. The Balaban J connectivity index is 1.79. The minimum absolute atomic E-state index is 0.0441. The van der Waals surface area contributed by atoms with Gasteiger partial charge in [-0.15, -0.1) is 0 Å². The van der Waals surface area contributed by atoms with Crippen LogP contribution >= 0.6 is 0 Å². The van der Waals surface area contributed by atoms with Gasteiger partial charge in [0.15, 0.2) is 11.5 Å². The van der Waals surface area contributed by atoms with E-state index in [1.54, 1.807) is 6.07 Å². The van der Waals surface area contributed by atoms with E-state index in [2.05, 4.69) is 5.32 Å². The zero-order chi connectivity index (χ0) is 13.9. The molecule has 0 radical (unpaired) electrons. The fourth-order valence-corrected chi connectivity index (χ4v) is 2.32. The van der Waals surface area contributed by atoms with Gasteiger partial charge in [0.25, 0.3) is 0 Å². The molecule has 4 heteroatoms. The van der Waals surface area contributed by atoms with Crippen LogP contribution in [0.25, 0.3) is 0 Å². The molecule has 1 heterocycles. The molecule has 1 atom stereocenters. The lowest BCUT2D eigenvalue weighted by atomic mass is 10.1. The average molecular weight is 273 g/mol. The van der Waals surface area contributed by atoms with E-state index in [4.69, 9.17) is 9.47 Å². The molecule has 0 saturated carbocycles. The molecule has 0 aliphatic carbocycles. The smallest absolute Gasteiger partial charge is 0.207 e. The number of ether oxygens (including phenoxy) is 2. The maximum absolute atomic E-state index is 14.3. The summed E-state index contributed by atoms with van der Waals surface area (Å²) in [4.78, 5) is 0. The van der Waals surface area contributed by atoms with Crippen molar-refractivity contribution in [1.29, 1.82) is 0 Å². The molecule has 2 aromatic rings. The predicted molar refractivity (Wildman–Crippen MR) is 74.5 cm³/mol. The Labute approximate surface area is 117 Å². The normalized spacial score (nSPS) is 16.6. The lowest BCUT2D eigenvalue weighted by molar-refractivity contribution is 0.274. The summed E-state index contributed by atoms with van der Waals surface area (Å²) < 4.78 is 25.3. The fourth-order valence-electron chi connectivity index (χ4n) is 2.32. The topological polar surface area (TPSA) is 30.5 Å². The van der Waals surface area contributed by atoms with E-state index in [1.807, 2.05) is 43.4 Å². The number of fused-ring (bicyclic) bond motifs is 1. The molecule has 1 N–H and O–H groups in total. The summed E-state index contributed by atoms with van der Waals surface area (Å²) in [5, 5.41) is 3.09. The third-order valence-corrected chi connectivity index (χ3v) is 3.45. The lowest BCUT2D eigenvalue weighted by Crippen LogP contribution is -2.17. The van der Waals surface area contributed by atoms with Crippen LogP contribution in [0.4, 0.5) is 4.39 Å². The molecule has 0 fully saturated rings. The van der Waals surface area contributed by atoms with Gasteiger partial charge in [-0.2, -0.15) is 4.39 Å². The summed E-state index contributed by atoms with van der Waals surface area (Å²) in [6.45, 7) is 0.789. The van der Waals surface area contributed by atoms with Crippen molar-refractivity contribution < 1.29 is 13.9 Å². The van der Waals surface area contributed by atoms with Gasteiger partial charge in [-0.1, -0.05) is 30.3 Å². The highest BCUT2D eigenvalue weighted by Crippen LogP contribution is 2.38. The molecule has 1 aliphatic heterocycles. The summed E-state index contributed by atoms with van der Waals surface area (Å²) in [5.41, 5.74) is 1.85. The van der Waals surface area contributed by atoms with Gasteiger partial charge >= 0.3 is 0 Å². The Morgan fingerprint density at radius 3 is 2.80 bits per heavy atom. The van der Waals surface area contributed by atoms with Crippen LogP contribution < -0.4 is 14.8 Å². The van der Waals surface area contributed by atoms with Gasteiger partial charge in [0.05, 0.1) is 6.04 Å². The standard InChI is InChI=1S/C16H16FNO2/c1-18-13-10-20-16-12(13)7-8-14(15(16)17)19-9-11-5-3-2-4-6-11/h2-8,13,18H,9-10H2,1H3. The van der Waals surface area contributed by atoms with Gasteiger partial charge in [-0.3, -0.25) is 0 Å². The molecule has 0 aromatic heterocycles. The molecular formula is C16H16FNO2. The van der Waals surface area contributed by atoms with Crippen LogP contribution in [0.1, 0.15) is 17.2 Å². The molecule has 1 aliphatic rings. The van der Waals surface area contributed by atoms with E-state index in [-0.39, 0.29) is 11.8 Å². The Morgan fingerprint density at radius 2 is 2.05 bits per heavy atom. The van der Waals surface area contributed by atoms with E-state index in [0.717, 1.165) is 11.1 Å². The molecular weight excluding hydrogens is 257 g/mol. The van der Waals surface area contributed by atoms with Crippen LogP contribution in [-0.2, 0) is 6.61 Å². The Morgan fingerprint density at radius 1 is 1.25 bits per heavy atom. The van der Waals surface area contributed by atoms with E-state index in [0.29, 0.717) is 19.0 Å². The van der Waals surface area contributed by atoms with Crippen molar-refractivity contribution in [3.8, 4) is 11.5 Å². The largest absolute Gasteiger partial charge is 0.488 e. The second-order valence-corrected chi connectivity index (χ2v) is 4.72. The van der Waals surface area contributed by atoms with Crippen molar-refractivity contribution in [2.75, 3.05) is 13.7 Å². The zero-order valence-corrected chi connectivity index (χ0v) is 11.2. The first-order chi connectivity index (χ1) is 9.79. The van der Waals surface area contributed by atoms with E-state index < -0.39 is 5.82 Å². The highest BCUT2D eigenvalue weighted by atomic mass is 19.1. The van der Waals surface area contributed by atoms with Crippen molar-refractivity contribution in [2.24, 2.45) is 0 Å². The molecule has 1 unspecified atom stereocenters. The van der Waals surface area contributed by atoms with Crippen LogP contribution in [-0.4, -0.2) is 13.7 Å². The highest BCUT2D eigenvalue weighted by Gasteiger charge is 2.27. The number of hydrogen-bond acceptors (Lipinski definition) is 3. The maximum Gasteiger partial charge on any atom is 0.207 e. The van der Waals surface area contributed by atoms with Gasteiger partial charge in [-0.25, -0.2) is 0 Å². The summed E-state index contributed by atoms with van der Waals surface area (Å²) in [6.07, 6.45) is 0. The summed E-state index contributed by atoms with van der Waals surface area (Å²) in [7, 11) is 1.83. The van der Waals surface area contributed by atoms with Crippen LogP contribution in [0, 0.1) is 5.82 Å². The van der Waals surface area contributed by atoms with Gasteiger partial charge in [-0.05, 0) is 24.7 Å². The first-order valence-corrected chi connectivity index (χ1v) is 6.59. The first kappa shape index (κ1) is 12.9. The molecule has 0 bridgehead atoms. The Kier molecular flexibility index (Phi) is 3.56. The summed E-state index contributed by atoms with van der Waals surface area (Å²) in [6, 6.07) is 13.2. The summed E-state index contributed by atoms with van der Waals surface area (Å²) >= 11 is 0. The van der Waals surface area contributed by atoms with E-state index >= 15 is 0 Å². The average Bonchev–Trinajstić information content (AvgIpc) is 2.91. The molecule has 0 spiro atoms. The molecule has 3 nitrogen and oxygen atoms in total. The van der Waals surface area contributed by atoms with Crippen LogP contribution in [0.2, 0.25) is 0 Å². The molecule has 104 valence electrons. The lowest BCUT2D eigenvalue weighted by Gasteiger charge is -2.10. The van der Waals surface area contributed by atoms with Crippen LogP contribution in [0.3, 0.4) is 0 Å². The number of hydrogen-bond donors (Lipinski definition) is 1. The third-order valence-electron chi connectivity index (χ3n) is 3.45. The molecule has 3 rings (SSSR count). The minimum Gasteiger partial charge on any atom is -0.488 e. The van der Waals surface area contributed by atoms with Crippen molar-refractivity contribution in [3.05, 3.63) is 59.4 Å². The second kappa shape index (κ2) is 5.51. The van der Waals surface area contributed by atoms with Crippen LogP contribution in [0.5, 0.6) is 11.5 Å². The monoisotopic (exact) mass is 273 g/mol. The molecule has 0 saturated heterocycles. The van der Waals surface area contributed by atoms with Gasteiger partial charge in [0.2, 0.25) is 5.82 Å². The number of benzene rings is 2. The molecule has 2 aromatic carbocycles. The van der Waals surface area contributed by atoms with Gasteiger partial charge in [0, 0.05) is 5.56 Å². The number of likely N-dealkylation sites (N-methyl/N-ethyl adjacent to an activating group) is 1. The van der Waals surface area contributed by atoms with Crippen molar-refractivity contribution >= 4 is 0 Å². The minimum atomic E-state index is -0.420. The molecule has 0 amide bonds. The second-order valence-electron chi connectivity index (χ2n) is 4.72. The highest BCUT2D eigenvalue weighted by molar-refractivity contribution is 5.46. The van der Waals surface area contributed by atoms with Gasteiger partial charge in [0.1, 0.15) is 13.2 Å². The Hall–Kier alpha value is -2.07. The SMILES string of the molecule is CNC1COc2c1ccc(OCc1ccccc1)c2F.